The zero-order chi connectivity index (χ0) is 12.8. The van der Waals surface area contributed by atoms with Gasteiger partial charge in [0, 0.05) is 10.5 Å². The molecule has 0 radical (unpaired) electrons. The van der Waals surface area contributed by atoms with Crippen molar-refractivity contribution in [1.29, 1.82) is 0 Å². The standard InChI is InChI=1S/C16H24BrN/c17-15-9-7-14(8-10-15)12-16(18)11-13-5-3-1-2-4-6-13/h7-10,13,16H,1-6,11-12,18H2. The summed E-state index contributed by atoms with van der Waals surface area (Å²) in [6.07, 6.45) is 10.7. The van der Waals surface area contributed by atoms with Crippen LogP contribution in [0, 0.1) is 5.92 Å². The third-order valence-corrected chi connectivity index (χ3v) is 4.55. The summed E-state index contributed by atoms with van der Waals surface area (Å²) in [6.45, 7) is 0. The molecule has 1 aliphatic rings. The maximum atomic E-state index is 6.31. The van der Waals surface area contributed by atoms with Gasteiger partial charge in [-0.25, -0.2) is 0 Å². The molecule has 1 atom stereocenters. The Morgan fingerprint density at radius 2 is 1.67 bits per heavy atom. The van der Waals surface area contributed by atoms with Gasteiger partial charge in [0.15, 0.2) is 0 Å². The Labute approximate surface area is 119 Å². The van der Waals surface area contributed by atoms with E-state index in [1.54, 1.807) is 0 Å². The molecule has 2 heteroatoms. The van der Waals surface area contributed by atoms with Gasteiger partial charge in [0.1, 0.15) is 0 Å². The lowest BCUT2D eigenvalue weighted by Crippen LogP contribution is -2.26. The number of halogens is 1. The fourth-order valence-corrected chi connectivity index (χ4v) is 3.30. The molecule has 1 aliphatic carbocycles. The SMILES string of the molecule is NC(Cc1ccc(Br)cc1)CC1CCCCCC1. The quantitative estimate of drug-likeness (QED) is 0.803. The monoisotopic (exact) mass is 309 g/mol. The Morgan fingerprint density at radius 1 is 1.06 bits per heavy atom. The zero-order valence-corrected chi connectivity index (χ0v) is 12.7. The van der Waals surface area contributed by atoms with Crippen molar-refractivity contribution in [1.82, 2.24) is 0 Å². The zero-order valence-electron chi connectivity index (χ0n) is 11.1. The maximum absolute atomic E-state index is 6.31. The van der Waals surface area contributed by atoms with Crippen molar-refractivity contribution < 1.29 is 0 Å². The first-order chi connectivity index (χ1) is 8.74. The van der Waals surface area contributed by atoms with E-state index in [-0.39, 0.29) is 0 Å². The maximum Gasteiger partial charge on any atom is 0.0175 e. The molecule has 0 aliphatic heterocycles. The second-order valence-electron chi connectivity index (χ2n) is 5.68. The Kier molecular flexibility index (Phi) is 5.71. The Hall–Kier alpha value is -0.340. The first-order valence-electron chi connectivity index (χ1n) is 7.24. The highest BCUT2D eigenvalue weighted by Crippen LogP contribution is 2.26. The van der Waals surface area contributed by atoms with Gasteiger partial charge in [-0.2, -0.15) is 0 Å². The second kappa shape index (κ2) is 7.30. The summed E-state index contributed by atoms with van der Waals surface area (Å²) in [5.41, 5.74) is 7.67. The molecule has 0 amide bonds. The average molecular weight is 310 g/mol. The van der Waals surface area contributed by atoms with E-state index in [4.69, 9.17) is 5.73 Å². The predicted molar refractivity (Wildman–Crippen MR) is 81.6 cm³/mol. The molecule has 2 rings (SSSR count). The van der Waals surface area contributed by atoms with Crippen molar-refractivity contribution in [3.8, 4) is 0 Å². The summed E-state index contributed by atoms with van der Waals surface area (Å²) < 4.78 is 1.14. The first kappa shape index (κ1) is 14.1. The molecule has 1 fully saturated rings. The van der Waals surface area contributed by atoms with E-state index in [9.17, 15) is 0 Å². The van der Waals surface area contributed by atoms with Gasteiger partial charge in [-0.15, -0.1) is 0 Å². The molecule has 18 heavy (non-hydrogen) atoms. The van der Waals surface area contributed by atoms with Crippen molar-refractivity contribution in [3.63, 3.8) is 0 Å². The van der Waals surface area contributed by atoms with Crippen LogP contribution in [0.2, 0.25) is 0 Å². The highest BCUT2D eigenvalue weighted by molar-refractivity contribution is 9.10. The average Bonchev–Trinajstić information content (AvgIpc) is 2.61. The van der Waals surface area contributed by atoms with Gasteiger partial charge in [-0.1, -0.05) is 66.6 Å². The highest BCUT2D eigenvalue weighted by atomic mass is 79.9. The van der Waals surface area contributed by atoms with E-state index in [1.165, 1.54) is 50.5 Å². The normalized spacial score (nSPS) is 19.4. The summed E-state index contributed by atoms with van der Waals surface area (Å²) >= 11 is 3.47. The van der Waals surface area contributed by atoms with Crippen LogP contribution in [-0.4, -0.2) is 6.04 Å². The van der Waals surface area contributed by atoms with Crippen LogP contribution < -0.4 is 5.73 Å². The second-order valence-corrected chi connectivity index (χ2v) is 6.60. The van der Waals surface area contributed by atoms with Gasteiger partial charge >= 0.3 is 0 Å². The fraction of sp³-hybridized carbons (Fsp3) is 0.625. The van der Waals surface area contributed by atoms with Crippen molar-refractivity contribution in [3.05, 3.63) is 34.3 Å². The molecule has 0 spiro atoms. The molecule has 0 heterocycles. The lowest BCUT2D eigenvalue weighted by Gasteiger charge is -2.19. The molecule has 1 nitrogen and oxygen atoms in total. The number of benzene rings is 1. The van der Waals surface area contributed by atoms with E-state index in [0.717, 1.165) is 16.8 Å². The summed E-state index contributed by atoms with van der Waals surface area (Å²) in [5.74, 6) is 0.873. The van der Waals surface area contributed by atoms with Gasteiger partial charge in [-0.05, 0) is 36.5 Å². The van der Waals surface area contributed by atoms with Crippen LogP contribution in [0.3, 0.4) is 0 Å². The van der Waals surface area contributed by atoms with Crippen LogP contribution in [0.1, 0.15) is 50.5 Å². The van der Waals surface area contributed by atoms with E-state index < -0.39 is 0 Å². The number of nitrogens with two attached hydrogens (primary N) is 1. The van der Waals surface area contributed by atoms with Gasteiger partial charge in [0.05, 0.1) is 0 Å². The number of hydrogen-bond donors (Lipinski definition) is 1. The van der Waals surface area contributed by atoms with Gasteiger partial charge < -0.3 is 5.73 Å². The van der Waals surface area contributed by atoms with E-state index >= 15 is 0 Å². The summed E-state index contributed by atoms with van der Waals surface area (Å²) in [4.78, 5) is 0. The largest absolute Gasteiger partial charge is 0.327 e. The van der Waals surface area contributed by atoms with E-state index in [2.05, 4.69) is 40.2 Å². The molecule has 0 saturated heterocycles. The minimum Gasteiger partial charge on any atom is -0.327 e. The topological polar surface area (TPSA) is 26.0 Å². The first-order valence-corrected chi connectivity index (χ1v) is 8.03. The minimum absolute atomic E-state index is 0.328. The number of hydrogen-bond acceptors (Lipinski definition) is 1. The lowest BCUT2D eigenvalue weighted by molar-refractivity contribution is 0.387. The molecule has 2 N–H and O–H groups in total. The smallest absolute Gasteiger partial charge is 0.0175 e. The number of rotatable bonds is 4. The van der Waals surface area contributed by atoms with Crippen LogP contribution in [0.15, 0.2) is 28.7 Å². The molecule has 100 valence electrons. The molecule has 1 saturated carbocycles. The van der Waals surface area contributed by atoms with Crippen molar-refractivity contribution in [2.45, 2.75) is 57.4 Å². The van der Waals surface area contributed by atoms with Crippen molar-refractivity contribution in [2.24, 2.45) is 11.7 Å². The highest BCUT2D eigenvalue weighted by Gasteiger charge is 2.16. The molecule has 1 unspecified atom stereocenters. The van der Waals surface area contributed by atoms with Crippen molar-refractivity contribution >= 4 is 15.9 Å². The summed E-state index contributed by atoms with van der Waals surface area (Å²) in [5, 5.41) is 0. The molecule has 0 bridgehead atoms. The van der Waals surface area contributed by atoms with Crippen molar-refractivity contribution in [2.75, 3.05) is 0 Å². The third-order valence-electron chi connectivity index (χ3n) is 4.02. The van der Waals surface area contributed by atoms with E-state index in [0.29, 0.717) is 6.04 Å². The van der Waals surface area contributed by atoms with Gasteiger partial charge in [0.25, 0.3) is 0 Å². The summed E-state index contributed by atoms with van der Waals surface area (Å²) in [6, 6.07) is 8.89. The Balaban J connectivity index is 1.80. The molecule has 0 aromatic heterocycles. The predicted octanol–water partition coefficient (Wildman–Crippen LogP) is 4.68. The Bertz CT molecular complexity index is 339. The van der Waals surface area contributed by atoms with Gasteiger partial charge in [-0.3, -0.25) is 0 Å². The molecular weight excluding hydrogens is 286 g/mol. The fourth-order valence-electron chi connectivity index (χ4n) is 3.03. The van der Waals surface area contributed by atoms with Crippen LogP contribution in [-0.2, 0) is 6.42 Å². The molecule has 1 aromatic carbocycles. The van der Waals surface area contributed by atoms with Crippen LogP contribution in [0.25, 0.3) is 0 Å². The van der Waals surface area contributed by atoms with Gasteiger partial charge in [0.2, 0.25) is 0 Å². The van der Waals surface area contributed by atoms with Crippen LogP contribution in [0.4, 0.5) is 0 Å². The van der Waals surface area contributed by atoms with Crippen LogP contribution >= 0.6 is 15.9 Å². The summed E-state index contributed by atoms with van der Waals surface area (Å²) in [7, 11) is 0. The third kappa shape index (κ3) is 4.74. The van der Waals surface area contributed by atoms with Crippen LogP contribution in [0.5, 0.6) is 0 Å². The minimum atomic E-state index is 0.328. The van der Waals surface area contributed by atoms with E-state index in [1.807, 2.05) is 0 Å². The lowest BCUT2D eigenvalue weighted by atomic mass is 9.90. The Morgan fingerprint density at radius 3 is 2.28 bits per heavy atom. The molecule has 1 aromatic rings. The molecular formula is C16H24BrN.